The van der Waals surface area contributed by atoms with Crippen LogP contribution in [0.25, 0.3) is 0 Å². The van der Waals surface area contributed by atoms with E-state index in [0.717, 1.165) is 12.8 Å². The fraction of sp³-hybridized carbons (Fsp3) is 0.833. The summed E-state index contributed by atoms with van der Waals surface area (Å²) in [6.45, 7) is 1.54. The van der Waals surface area contributed by atoms with E-state index in [-0.39, 0.29) is 11.8 Å². The van der Waals surface area contributed by atoms with Gasteiger partial charge in [-0.25, -0.2) is 0 Å². The highest BCUT2D eigenvalue weighted by atomic mass is 16.3. The molecule has 1 rings (SSSR count). The Balaban J connectivity index is 2.18. The molecule has 0 saturated heterocycles. The van der Waals surface area contributed by atoms with Crippen LogP contribution >= 0.6 is 0 Å². The molecule has 0 aromatic rings. The highest BCUT2D eigenvalue weighted by Crippen LogP contribution is 2.28. The predicted molar refractivity (Wildman–Crippen MR) is 32.5 cm³/mol. The van der Waals surface area contributed by atoms with E-state index in [1.54, 1.807) is 6.92 Å². The average molecular weight is 129 g/mol. The van der Waals surface area contributed by atoms with Crippen LogP contribution < -0.4 is 5.32 Å². The predicted octanol–water partition coefficient (Wildman–Crippen LogP) is -0.149. The van der Waals surface area contributed by atoms with Gasteiger partial charge in [-0.1, -0.05) is 0 Å². The van der Waals surface area contributed by atoms with Gasteiger partial charge in [-0.15, -0.1) is 0 Å². The Hall–Kier alpha value is -0.570. The molecule has 0 spiro atoms. The number of carbonyl (C=O) groups is 1. The Morgan fingerprint density at radius 3 is 2.67 bits per heavy atom. The number of nitrogens with one attached hydrogen (secondary N) is 1. The maximum Gasteiger partial charge on any atom is 0.225 e. The Kier molecular flexibility index (Phi) is 1.71. The Bertz CT molecular complexity index is 118. The van der Waals surface area contributed by atoms with Crippen molar-refractivity contribution in [3.05, 3.63) is 0 Å². The van der Waals surface area contributed by atoms with Crippen molar-refractivity contribution < 1.29 is 9.90 Å². The molecule has 3 heteroatoms. The molecule has 9 heavy (non-hydrogen) atoms. The Labute approximate surface area is 54.1 Å². The van der Waals surface area contributed by atoms with Crippen molar-refractivity contribution in [1.29, 1.82) is 0 Å². The molecule has 0 bridgehead atoms. The first kappa shape index (κ1) is 6.55. The van der Waals surface area contributed by atoms with Gasteiger partial charge in [0.25, 0.3) is 0 Å². The molecule has 0 aromatic heterocycles. The number of carbonyl (C=O) groups excluding carboxylic acids is 1. The van der Waals surface area contributed by atoms with Crippen LogP contribution in [0.5, 0.6) is 0 Å². The van der Waals surface area contributed by atoms with Gasteiger partial charge in [0.05, 0.1) is 0 Å². The first-order valence-electron chi connectivity index (χ1n) is 3.18. The van der Waals surface area contributed by atoms with Crippen LogP contribution in [0.1, 0.15) is 19.8 Å². The third-order valence-electron chi connectivity index (χ3n) is 1.30. The van der Waals surface area contributed by atoms with E-state index in [1.165, 1.54) is 0 Å². The minimum atomic E-state index is -0.696. The summed E-state index contributed by atoms with van der Waals surface area (Å²) in [5.74, 6) is 0.185. The lowest BCUT2D eigenvalue weighted by Gasteiger charge is -2.04. The van der Waals surface area contributed by atoms with Crippen LogP contribution in [0.2, 0.25) is 0 Å². The number of hydrogen-bond acceptors (Lipinski definition) is 2. The summed E-state index contributed by atoms with van der Waals surface area (Å²) < 4.78 is 0. The summed E-state index contributed by atoms with van der Waals surface area (Å²) in [6, 6.07) is 0. The lowest BCUT2D eigenvalue weighted by molar-refractivity contribution is -0.124. The van der Waals surface area contributed by atoms with Crippen molar-refractivity contribution >= 4 is 5.91 Å². The normalized spacial score (nSPS) is 21.1. The van der Waals surface area contributed by atoms with Gasteiger partial charge < -0.3 is 10.4 Å². The standard InChI is InChI=1S/C6H11NO2/c1-4(8)7-6(9)5-2-3-5/h4-5,8H,2-3H2,1H3,(H,7,9). The van der Waals surface area contributed by atoms with Crippen LogP contribution in [0.4, 0.5) is 0 Å². The third kappa shape index (κ3) is 2.01. The fourth-order valence-corrected chi connectivity index (χ4v) is 0.669. The number of amides is 1. The lowest BCUT2D eigenvalue weighted by atomic mass is 10.4. The smallest absolute Gasteiger partial charge is 0.225 e. The summed E-state index contributed by atoms with van der Waals surface area (Å²) in [7, 11) is 0. The lowest BCUT2D eigenvalue weighted by Crippen LogP contribution is -2.33. The molecule has 3 nitrogen and oxygen atoms in total. The summed E-state index contributed by atoms with van der Waals surface area (Å²) in [4.78, 5) is 10.7. The summed E-state index contributed by atoms with van der Waals surface area (Å²) in [5.41, 5.74) is 0. The average Bonchev–Trinajstić information content (AvgIpc) is 2.40. The van der Waals surface area contributed by atoms with E-state index < -0.39 is 6.23 Å². The van der Waals surface area contributed by atoms with Gasteiger partial charge >= 0.3 is 0 Å². The van der Waals surface area contributed by atoms with E-state index in [1.807, 2.05) is 0 Å². The van der Waals surface area contributed by atoms with E-state index >= 15 is 0 Å². The van der Waals surface area contributed by atoms with Gasteiger partial charge in [0.15, 0.2) is 0 Å². The number of hydrogen-bond donors (Lipinski definition) is 2. The van der Waals surface area contributed by atoms with Crippen molar-refractivity contribution in [3.8, 4) is 0 Å². The molecule has 1 aliphatic rings. The second kappa shape index (κ2) is 2.35. The van der Waals surface area contributed by atoms with E-state index in [4.69, 9.17) is 5.11 Å². The molecule has 1 atom stereocenters. The molecule has 1 saturated carbocycles. The zero-order chi connectivity index (χ0) is 6.85. The number of aliphatic hydroxyl groups excluding tert-OH is 1. The quantitative estimate of drug-likeness (QED) is 0.509. The third-order valence-corrected chi connectivity index (χ3v) is 1.30. The summed E-state index contributed by atoms with van der Waals surface area (Å²) in [5, 5.41) is 11.1. The molecule has 1 aliphatic carbocycles. The molecule has 52 valence electrons. The SMILES string of the molecule is CC(O)NC(=O)C1CC1. The van der Waals surface area contributed by atoms with Gasteiger partial charge in [-0.2, -0.15) is 0 Å². The molecule has 0 radical (unpaired) electrons. The van der Waals surface area contributed by atoms with Crippen LogP contribution in [-0.2, 0) is 4.79 Å². The maximum atomic E-state index is 10.7. The number of rotatable bonds is 2. The van der Waals surface area contributed by atoms with Gasteiger partial charge in [0.2, 0.25) is 5.91 Å². The monoisotopic (exact) mass is 129 g/mol. The topological polar surface area (TPSA) is 49.3 Å². The minimum Gasteiger partial charge on any atom is -0.374 e. The minimum absolute atomic E-state index is 0.00926. The summed E-state index contributed by atoms with van der Waals surface area (Å²) in [6.07, 6.45) is 1.27. The molecular formula is C6H11NO2. The molecule has 0 aromatic carbocycles. The van der Waals surface area contributed by atoms with Crippen molar-refractivity contribution in [3.63, 3.8) is 0 Å². The van der Waals surface area contributed by atoms with E-state index in [2.05, 4.69) is 5.32 Å². The Morgan fingerprint density at radius 1 is 1.78 bits per heavy atom. The molecule has 2 N–H and O–H groups in total. The van der Waals surface area contributed by atoms with Crippen molar-refractivity contribution in [2.24, 2.45) is 5.92 Å². The highest BCUT2D eigenvalue weighted by molar-refractivity contribution is 5.80. The second-order valence-corrected chi connectivity index (χ2v) is 2.46. The van der Waals surface area contributed by atoms with Crippen LogP contribution in [-0.4, -0.2) is 17.2 Å². The van der Waals surface area contributed by atoms with Gasteiger partial charge in [-0.05, 0) is 19.8 Å². The van der Waals surface area contributed by atoms with Crippen LogP contribution in [0, 0.1) is 5.92 Å². The second-order valence-electron chi connectivity index (χ2n) is 2.46. The van der Waals surface area contributed by atoms with Crippen molar-refractivity contribution in [2.45, 2.75) is 26.0 Å². The van der Waals surface area contributed by atoms with E-state index in [9.17, 15) is 4.79 Å². The first-order valence-corrected chi connectivity index (χ1v) is 3.18. The fourth-order valence-electron chi connectivity index (χ4n) is 0.669. The molecular weight excluding hydrogens is 118 g/mol. The highest BCUT2D eigenvalue weighted by Gasteiger charge is 2.29. The maximum absolute atomic E-state index is 10.7. The van der Waals surface area contributed by atoms with Crippen molar-refractivity contribution in [2.75, 3.05) is 0 Å². The van der Waals surface area contributed by atoms with Gasteiger partial charge in [-0.3, -0.25) is 4.79 Å². The molecule has 1 fully saturated rings. The van der Waals surface area contributed by atoms with Crippen molar-refractivity contribution in [1.82, 2.24) is 5.32 Å². The molecule has 0 heterocycles. The van der Waals surface area contributed by atoms with Crippen LogP contribution in [0.3, 0.4) is 0 Å². The summed E-state index contributed by atoms with van der Waals surface area (Å²) >= 11 is 0. The largest absolute Gasteiger partial charge is 0.374 e. The molecule has 0 aliphatic heterocycles. The zero-order valence-corrected chi connectivity index (χ0v) is 5.42. The zero-order valence-electron chi connectivity index (χ0n) is 5.42. The first-order chi connectivity index (χ1) is 4.20. The van der Waals surface area contributed by atoms with Gasteiger partial charge in [0.1, 0.15) is 6.23 Å². The Morgan fingerprint density at radius 2 is 2.33 bits per heavy atom. The molecule has 1 unspecified atom stereocenters. The number of aliphatic hydroxyl groups is 1. The van der Waals surface area contributed by atoms with E-state index in [0.29, 0.717) is 0 Å². The van der Waals surface area contributed by atoms with Crippen LogP contribution in [0.15, 0.2) is 0 Å². The molecule has 1 amide bonds. The van der Waals surface area contributed by atoms with Gasteiger partial charge in [0, 0.05) is 5.92 Å².